The van der Waals surface area contributed by atoms with E-state index in [1.807, 2.05) is 41.4 Å². The molecular weight excluding hydrogens is 374 g/mol. The first-order valence-electron chi connectivity index (χ1n) is 10.6. The van der Waals surface area contributed by atoms with E-state index in [4.69, 9.17) is 4.98 Å². The number of carbonyl (C=O) groups excluding carboxylic acids is 1. The van der Waals surface area contributed by atoms with Gasteiger partial charge in [-0.15, -0.1) is 0 Å². The second-order valence-electron chi connectivity index (χ2n) is 8.01. The molecule has 0 radical (unpaired) electrons. The van der Waals surface area contributed by atoms with Crippen molar-refractivity contribution in [3.63, 3.8) is 0 Å². The first-order chi connectivity index (χ1) is 14.8. The van der Waals surface area contributed by atoms with Crippen LogP contribution in [0.15, 0.2) is 67.1 Å². The van der Waals surface area contributed by atoms with E-state index in [2.05, 4.69) is 39.2 Å². The summed E-state index contributed by atoms with van der Waals surface area (Å²) in [7, 11) is 0. The van der Waals surface area contributed by atoms with Crippen molar-refractivity contribution in [2.75, 3.05) is 13.1 Å². The molecular formula is C24H25N5O. The van der Waals surface area contributed by atoms with Crippen LogP contribution in [0.2, 0.25) is 0 Å². The molecule has 30 heavy (non-hydrogen) atoms. The van der Waals surface area contributed by atoms with Gasteiger partial charge in [-0.1, -0.05) is 18.2 Å². The third-order valence-corrected chi connectivity index (χ3v) is 6.03. The van der Waals surface area contributed by atoms with Crippen LogP contribution in [0.1, 0.15) is 29.6 Å². The Morgan fingerprint density at radius 1 is 1.07 bits per heavy atom. The van der Waals surface area contributed by atoms with E-state index in [0.29, 0.717) is 5.92 Å². The molecule has 1 amide bonds. The van der Waals surface area contributed by atoms with Gasteiger partial charge in [0.05, 0.1) is 22.9 Å². The molecule has 1 aromatic carbocycles. The molecule has 1 fully saturated rings. The Morgan fingerprint density at radius 2 is 1.97 bits per heavy atom. The standard InChI is InChI=1S/C24H25N5O/c30-24(19-6-2-1-3-7-19)28-12-4-5-18(10-13-28)17-29-14-11-22-23(29)9-8-21(27-22)20-15-25-26-16-20/h1-3,6-9,11,14-16,18H,4-5,10,12-13,17H2,(H,25,26). The van der Waals surface area contributed by atoms with E-state index in [0.717, 1.165) is 66.8 Å². The highest BCUT2D eigenvalue weighted by Gasteiger charge is 2.22. The van der Waals surface area contributed by atoms with Crippen LogP contribution in [0, 0.1) is 5.92 Å². The topological polar surface area (TPSA) is 66.8 Å². The maximum atomic E-state index is 12.8. The van der Waals surface area contributed by atoms with E-state index < -0.39 is 0 Å². The molecule has 1 unspecified atom stereocenters. The van der Waals surface area contributed by atoms with Crippen molar-refractivity contribution < 1.29 is 4.79 Å². The lowest BCUT2D eigenvalue weighted by Crippen LogP contribution is -2.32. The van der Waals surface area contributed by atoms with Gasteiger partial charge in [0.1, 0.15) is 0 Å². The van der Waals surface area contributed by atoms with Crippen LogP contribution in [0.25, 0.3) is 22.3 Å². The Labute approximate surface area is 175 Å². The molecule has 1 aliphatic rings. The number of nitrogens with one attached hydrogen (secondary N) is 1. The van der Waals surface area contributed by atoms with Gasteiger partial charge in [0.15, 0.2) is 0 Å². The second kappa shape index (κ2) is 8.14. The Kier molecular flexibility index (Phi) is 5.05. The van der Waals surface area contributed by atoms with Crippen LogP contribution in [0.3, 0.4) is 0 Å². The van der Waals surface area contributed by atoms with Gasteiger partial charge < -0.3 is 9.47 Å². The number of pyridine rings is 1. The number of hydrogen-bond acceptors (Lipinski definition) is 3. The number of fused-ring (bicyclic) bond motifs is 1. The molecule has 6 nitrogen and oxygen atoms in total. The summed E-state index contributed by atoms with van der Waals surface area (Å²) < 4.78 is 2.31. The summed E-state index contributed by atoms with van der Waals surface area (Å²) >= 11 is 0. The van der Waals surface area contributed by atoms with Crippen molar-refractivity contribution in [1.29, 1.82) is 0 Å². The van der Waals surface area contributed by atoms with Gasteiger partial charge >= 0.3 is 0 Å². The van der Waals surface area contributed by atoms with Gasteiger partial charge in [0.2, 0.25) is 0 Å². The van der Waals surface area contributed by atoms with Gasteiger partial charge in [0.25, 0.3) is 5.91 Å². The molecule has 152 valence electrons. The van der Waals surface area contributed by atoms with E-state index in [1.165, 1.54) is 0 Å². The van der Waals surface area contributed by atoms with Crippen LogP contribution in [-0.4, -0.2) is 43.6 Å². The lowest BCUT2D eigenvalue weighted by molar-refractivity contribution is 0.0759. The summed E-state index contributed by atoms with van der Waals surface area (Å²) in [4.78, 5) is 19.6. The lowest BCUT2D eigenvalue weighted by Gasteiger charge is -2.21. The minimum absolute atomic E-state index is 0.152. The predicted octanol–water partition coefficient (Wildman–Crippen LogP) is 4.37. The van der Waals surface area contributed by atoms with Crippen molar-refractivity contribution in [2.45, 2.75) is 25.8 Å². The molecule has 1 N–H and O–H groups in total. The van der Waals surface area contributed by atoms with E-state index in [-0.39, 0.29) is 5.91 Å². The number of aromatic amines is 1. The summed E-state index contributed by atoms with van der Waals surface area (Å²) in [6.07, 6.45) is 9.00. The minimum Gasteiger partial charge on any atom is -0.346 e. The van der Waals surface area contributed by atoms with Crippen LogP contribution >= 0.6 is 0 Å². The van der Waals surface area contributed by atoms with Gasteiger partial charge in [-0.3, -0.25) is 9.89 Å². The van der Waals surface area contributed by atoms with E-state index in [1.54, 1.807) is 6.20 Å². The zero-order valence-corrected chi connectivity index (χ0v) is 16.9. The van der Waals surface area contributed by atoms with Gasteiger partial charge in [-0.2, -0.15) is 5.10 Å². The monoisotopic (exact) mass is 399 g/mol. The number of H-pyrrole nitrogens is 1. The second-order valence-corrected chi connectivity index (χ2v) is 8.01. The lowest BCUT2D eigenvalue weighted by atomic mass is 10.0. The van der Waals surface area contributed by atoms with Crippen LogP contribution in [0.4, 0.5) is 0 Å². The third-order valence-electron chi connectivity index (χ3n) is 6.03. The summed E-state index contributed by atoms with van der Waals surface area (Å²) in [5.74, 6) is 0.710. The molecule has 1 atom stereocenters. The number of aromatic nitrogens is 4. The van der Waals surface area contributed by atoms with Crippen molar-refractivity contribution in [3.8, 4) is 11.3 Å². The highest BCUT2D eigenvalue weighted by molar-refractivity contribution is 5.94. The maximum Gasteiger partial charge on any atom is 0.253 e. The molecule has 6 heteroatoms. The maximum absolute atomic E-state index is 12.8. The fraction of sp³-hybridized carbons (Fsp3) is 0.292. The van der Waals surface area contributed by atoms with Crippen LogP contribution in [-0.2, 0) is 6.54 Å². The Balaban J connectivity index is 1.27. The number of nitrogens with zero attached hydrogens (tertiary/aromatic N) is 4. The number of benzene rings is 1. The van der Waals surface area contributed by atoms with Crippen molar-refractivity contribution in [2.24, 2.45) is 5.92 Å². The minimum atomic E-state index is 0.152. The molecule has 1 aliphatic heterocycles. The normalized spacial score (nSPS) is 17.2. The zero-order chi connectivity index (χ0) is 20.3. The van der Waals surface area contributed by atoms with E-state index >= 15 is 0 Å². The Bertz CT molecular complexity index is 1130. The predicted molar refractivity (Wildman–Crippen MR) is 117 cm³/mol. The van der Waals surface area contributed by atoms with Crippen LogP contribution in [0.5, 0.6) is 0 Å². The third kappa shape index (κ3) is 3.73. The Hall–Kier alpha value is -3.41. The molecule has 4 heterocycles. The average molecular weight is 399 g/mol. The fourth-order valence-corrected chi connectivity index (χ4v) is 4.38. The first kappa shape index (κ1) is 18.6. The molecule has 3 aromatic heterocycles. The molecule has 0 aliphatic carbocycles. The number of carbonyl (C=O) groups is 1. The summed E-state index contributed by atoms with van der Waals surface area (Å²) in [6, 6.07) is 15.9. The highest BCUT2D eigenvalue weighted by atomic mass is 16.2. The molecule has 1 saturated heterocycles. The molecule has 4 aromatic rings. The van der Waals surface area contributed by atoms with Gasteiger partial charge in [-0.25, -0.2) is 4.98 Å². The number of amides is 1. The molecule has 0 saturated carbocycles. The van der Waals surface area contributed by atoms with E-state index in [9.17, 15) is 4.79 Å². The zero-order valence-electron chi connectivity index (χ0n) is 16.9. The largest absolute Gasteiger partial charge is 0.346 e. The molecule has 0 bridgehead atoms. The van der Waals surface area contributed by atoms with Crippen molar-refractivity contribution in [1.82, 2.24) is 24.6 Å². The van der Waals surface area contributed by atoms with Crippen molar-refractivity contribution >= 4 is 16.9 Å². The van der Waals surface area contributed by atoms with Gasteiger partial charge in [-0.05, 0) is 55.5 Å². The Morgan fingerprint density at radius 3 is 2.80 bits per heavy atom. The number of rotatable bonds is 4. The molecule has 5 rings (SSSR count). The highest BCUT2D eigenvalue weighted by Crippen LogP contribution is 2.25. The van der Waals surface area contributed by atoms with Crippen LogP contribution < -0.4 is 0 Å². The average Bonchev–Trinajstić information content (AvgIpc) is 3.40. The fourth-order valence-electron chi connectivity index (χ4n) is 4.38. The first-order valence-corrected chi connectivity index (χ1v) is 10.6. The smallest absolute Gasteiger partial charge is 0.253 e. The summed E-state index contributed by atoms with van der Waals surface area (Å²) in [5.41, 5.74) is 4.87. The number of hydrogen-bond donors (Lipinski definition) is 1. The SMILES string of the molecule is O=C(c1ccccc1)N1CCCC(Cn2ccc3nc(-c4cn[nH]c4)ccc32)CC1. The van der Waals surface area contributed by atoms with Crippen molar-refractivity contribution in [3.05, 3.63) is 72.7 Å². The summed E-state index contributed by atoms with van der Waals surface area (Å²) in [5, 5.41) is 6.85. The quantitative estimate of drug-likeness (QED) is 0.554. The van der Waals surface area contributed by atoms with Gasteiger partial charge in [0, 0.05) is 43.2 Å². The molecule has 0 spiro atoms. The summed E-state index contributed by atoms with van der Waals surface area (Å²) in [6.45, 7) is 2.62. The number of likely N-dealkylation sites (tertiary alicyclic amines) is 1.